The van der Waals surface area contributed by atoms with Gasteiger partial charge in [0.25, 0.3) is 0 Å². The van der Waals surface area contributed by atoms with Crippen LogP contribution in [0.4, 0.5) is 0 Å². The first-order valence-corrected chi connectivity index (χ1v) is 6.91. The molecule has 3 nitrogen and oxygen atoms in total. The molecule has 0 aliphatic carbocycles. The minimum absolute atomic E-state index is 0. The maximum atomic E-state index is 11.8. The molecule has 1 aliphatic heterocycles. The lowest BCUT2D eigenvalue weighted by Gasteiger charge is -2.35. The second kappa shape index (κ2) is 8.20. The number of carbonyl (C=O) groups is 1. The minimum Gasteiger partial charge on any atom is -0.342 e. The predicted octanol–water partition coefficient (Wildman–Crippen LogP) is 1.75. The topological polar surface area (TPSA) is 46.3 Å². The molecule has 1 aliphatic rings. The largest absolute Gasteiger partial charge is 0.342 e. The Morgan fingerprint density at radius 1 is 1.56 bits per heavy atom. The summed E-state index contributed by atoms with van der Waals surface area (Å²) >= 11 is 1.73. The Morgan fingerprint density at radius 2 is 2.25 bits per heavy atom. The van der Waals surface area contributed by atoms with Crippen LogP contribution >= 0.6 is 24.2 Å². The Labute approximate surface area is 109 Å². The monoisotopic (exact) mass is 266 g/mol. The molecule has 1 heterocycles. The van der Waals surface area contributed by atoms with Gasteiger partial charge in [0, 0.05) is 19.1 Å². The van der Waals surface area contributed by atoms with E-state index >= 15 is 0 Å². The number of thioether (sulfide) groups is 1. The third-order valence-corrected chi connectivity index (χ3v) is 4.05. The third-order valence-electron chi connectivity index (χ3n) is 2.90. The van der Waals surface area contributed by atoms with Crippen molar-refractivity contribution < 1.29 is 4.79 Å². The van der Waals surface area contributed by atoms with Crippen LogP contribution in [0.15, 0.2) is 0 Å². The van der Waals surface area contributed by atoms with Crippen LogP contribution in [0.1, 0.15) is 26.7 Å². The maximum Gasteiger partial charge on any atom is 0.232 e. The van der Waals surface area contributed by atoms with Crippen molar-refractivity contribution in [3.05, 3.63) is 0 Å². The summed E-state index contributed by atoms with van der Waals surface area (Å²) in [7, 11) is 0. The van der Waals surface area contributed by atoms with Crippen molar-refractivity contribution in [3.8, 4) is 0 Å². The molecular formula is C11H23ClN2OS. The van der Waals surface area contributed by atoms with E-state index in [9.17, 15) is 4.79 Å². The van der Waals surface area contributed by atoms with Gasteiger partial charge in [-0.25, -0.2) is 0 Å². The van der Waals surface area contributed by atoms with E-state index in [2.05, 4.69) is 13.8 Å². The maximum absolute atomic E-state index is 11.8. The fourth-order valence-corrected chi connectivity index (χ4v) is 2.58. The SMILES string of the molecule is CCCSCC(=O)N1CCC(N)C(C)C1.Cl. The Hall–Kier alpha value is 0.0700. The first kappa shape index (κ1) is 16.1. The molecule has 2 unspecified atom stereocenters. The lowest BCUT2D eigenvalue weighted by molar-refractivity contribution is -0.130. The molecule has 0 spiro atoms. The van der Waals surface area contributed by atoms with Crippen molar-refractivity contribution in [3.63, 3.8) is 0 Å². The smallest absolute Gasteiger partial charge is 0.232 e. The molecule has 2 N–H and O–H groups in total. The number of piperidine rings is 1. The molecule has 1 rings (SSSR count). The van der Waals surface area contributed by atoms with E-state index in [0.29, 0.717) is 11.7 Å². The predicted molar refractivity (Wildman–Crippen MR) is 73.2 cm³/mol. The van der Waals surface area contributed by atoms with Gasteiger partial charge < -0.3 is 10.6 Å². The van der Waals surface area contributed by atoms with Gasteiger partial charge >= 0.3 is 0 Å². The van der Waals surface area contributed by atoms with E-state index in [-0.39, 0.29) is 24.4 Å². The molecule has 0 saturated carbocycles. The molecule has 96 valence electrons. The van der Waals surface area contributed by atoms with Gasteiger partial charge in [-0.15, -0.1) is 12.4 Å². The zero-order valence-corrected chi connectivity index (χ0v) is 11.8. The van der Waals surface area contributed by atoms with Crippen molar-refractivity contribution in [2.45, 2.75) is 32.7 Å². The number of halogens is 1. The third kappa shape index (κ3) is 4.93. The second-order valence-electron chi connectivity index (χ2n) is 4.32. The molecule has 0 radical (unpaired) electrons. The van der Waals surface area contributed by atoms with Crippen LogP contribution in [0.5, 0.6) is 0 Å². The summed E-state index contributed by atoms with van der Waals surface area (Å²) in [5.74, 6) is 2.44. The highest BCUT2D eigenvalue weighted by atomic mass is 35.5. The highest BCUT2D eigenvalue weighted by molar-refractivity contribution is 7.99. The van der Waals surface area contributed by atoms with Gasteiger partial charge in [0.05, 0.1) is 5.75 Å². The zero-order chi connectivity index (χ0) is 11.3. The van der Waals surface area contributed by atoms with Gasteiger partial charge in [-0.05, 0) is 24.5 Å². The fraction of sp³-hybridized carbons (Fsp3) is 0.909. The molecular weight excluding hydrogens is 244 g/mol. The lowest BCUT2D eigenvalue weighted by atomic mass is 9.95. The van der Waals surface area contributed by atoms with E-state index in [1.54, 1.807) is 11.8 Å². The summed E-state index contributed by atoms with van der Waals surface area (Å²) < 4.78 is 0. The molecule has 1 amide bonds. The van der Waals surface area contributed by atoms with Gasteiger partial charge in [0.15, 0.2) is 0 Å². The summed E-state index contributed by atoms with van der Waals surface area (Å²) in [6.45, 7) is 5.95. The average Bonchev–Trinajstić information content (AvgIpc) is 2.22. The molecule has 1 saturated heterocycles. The highest BCUT2D eigenvalue weighted by Gasteiger charge is 2.25. The van der Waals surface area contributed by atoms with Crippen molar-refractivity contribution >= 4 is 30.1 Å². The van der Waals surface area contributed by atoms with Gasteiger partial charge in [-0.2, -0.15) is 11.8 Å². The molecule has 0 bridgehead atoms. The quantitative estimate of drug-likeness (QED) is 0.789. The highest BCUT2D eigenvalue weighted by Crippen LogP contribution is 2.16. The Balaban J connectivity index is 0.00000225. The summed E-state index contributed by atoms with van der Waals surface area (Å²) in [4.78, 5) is 13.8. The Bertz CT molecular complexity index is 216. The van der Waals surface area contributed by atoms with Gasteiger partial charge in [0.1, 0.15) is 0 Å². The molecule has 0 aromatic carbocycles. The van der Waals surface area contributed by atoms with Gasteiger partial charge in [0.2, 0.25) is 5.91 Å². The number of carbonyl (C=O) groups excluding carboxylic acids is 1. The van der Waals surface area contributed by atoms with Crippen LogP contribution in [0, 0.1) is 5.92 Å². The van der Waals surface area contributed by atoms with Crippen LogP contribution in [-0.2, 0) is 4.79 Å². The second-order valence-corrected chi connectivity index (χ2v) is 5.43. The summed E-state index contributed by atoms with van der Waals surface area (Å²) in [6, 6.07) is 0.275. The number of nitrogens with two attached hydrogens (primary N) is 1. The van der Waals surface area contributed by atoms with Crippen molar-refractivity contribution in [2.75, 3.05) is 24.6 Å². The van der Waals surface area contributed by atoms with Crippen LogP contribution < -0.4 is 5.73 Å². The molecule has 0 aromatic rings. The number of likely N-dealkylation sites (tertiary alicyclic amines) is 1. The number of amides is 1. The number of nitrogens with zero attached hydrogens (tertiary/aromatic N) is 1. The fourth-order valence-electron chi connectivity index (χ4n) is 1.79. The Morgan fingerprint density at radius 3 is 2.81 bits per heavy atom. The number of hydrogen-bond donors (Lipinski definition) is 1. The van der Waals surface area contributed by atoms with Crippen molar-refractivity contribution in [1.82, 2.24) is 4.90 Å². The molecule has 5 heteroatoms. The van der Waals surface area contributed by atoms with E-state index in [4.69, 9.17) is 5.73 Å². The first-order valence-electron chi connectivity index (χ1n) is 5.76. The Kier molecular flexibility index (Phi) is 8.24. The van der Waals surface area contributed by atoms with Crippen molar-refractivity contribution in [1.29, 1.82) is 0 Å². The number of hydrogen-bond acceptors (Lipinski definition) is 3. The van der Waals surface area contributed by atoms with Gasteiger partial charge in [-0.3, -0.25) is 4.79 Å². The normalized spacial score (nSPS) is 25.1. The van der Waals surface area contributed by atoms with Crippen LogP contribution in [0.25, 0.3) is 0 Å². The summed E-state index contributed by atoms with van der Waals surface area (Å²) in [5, 5.41) is 0. The van der Waals surface area contributed by atoms with Crippen LogP contribution in [-0.4, -0.2) is 41.4 Å². The lowest BCUT2D eigenvalue weighted by Crippen LogP contribution is -2.48. The van der Waals surface area contributed by atoms with E-state index in [0.717, 1.165) is 31.7 Å². The minimum atomic E-state index is 0. The van der Waals surface area contributed by atoms with E-state index in [1.807, 2.05) is 4.90 Å². The summed E-state index contributed by atoms with van der Waals surface area (Å²) in [6.07, 6.45) is 2.09. The first-order chi connectivity index (χ1) is 7.15. The summed E-state index contributed by atoms with van der Waals surface area (Å²) in [5.41, 5.74) is 5.92. The standard InChI is InChI=1S/C11H22N2OS.ClH/c1-3-6-15-8-11(14)13-5-4-10(12)9(2)7-13;/h9-10H,3-8,12H2,1-2H3;1H. The molecule has 0 aromatic heterocycles. The zero-order valence-electron chi connectivity index (χ0n) is 10.1. The molecule has 1 fully saturated rings. The van der Waals surface area contributed by atoms with Crippen LogP contribution in [0.3, 0.4) is 0 Å². The van der Waals surface area contributed by atoms with Gasteiger partial charge in [-0.1, -0.05) is 13.8 Å². The average molecular weight is 267 g/mol. The van der Waals surface area contributed by atoms with Crippen LogP contribution in [0.2, 0.25) is 0 Å². The van der Waals surface area contributed by atoms with E-state index < -0.39 is 0 Å². The molecule has 2 atom stereocenters. The van der Waals surface area contributed by atoms with Crippen molar-refractivity contribution in [2.24, 2.45) is 11.7 Å². The van der Waals surface area contributed by atoms with E-state index in [1.165, 1.54) is 0 Å². The molecule has 16 heavy (non-hydrogen) atoms. The number of rotatable bonds is 4.